The molecular formula is C14H13N. The van der Waals surface area contributed by atoms with Gasteiger partial charge in [0.25, 0.3) is 0 Å². The molecule has 1 aromatic carbocycles. The van der Waals surface area contributed by atoms with Crippen molar-refractivity contribution in [2.75, 3.05) is 0 Å². The fourth-order valence-corrected chi connectivity index (χ4v) is 2.44. The summed E-state index contributed by atoms with van der Waals surface area (Å²) in [4.78, 5) is 4.38. The van der Waals surface area contributed by atoms with E-state index in [1.807, 2.05) is 13.1 Å². The molecule has 0 saturated carbocycles. The first-order chi connectivity index (χ1) is 7.27. The highest BCUT2D eigenvalue weighted by Gasteiger charge is 2.24. The SMILES string of the molecule is Cc1cc2c(cn1)C(C)c1ccccc1-2. The largest absolute Gasteiger partial charge is 0.261 e. The summed E-state index contributed by atoms with van der Waals surface area (Å²) in [6.45, 7) is 4.30. The molecule has 1 unspecified atom stereocenters. The second-order valence-corrected chi connectivity index (χ2v) is 4.22. The Kier molecular flexibility index (Phi) is 1.69. The minimum Gasteiger partial charge on any atom is -0.261 e. The zero-order valence-electron chi connectivity index (χ0n) is 8.99. The molecule has 0 saturated heterocycles. The first kappa shape index (κ1) is 8.66. The van der Waals surface area contributed by atoms with Gasteiger partial charge in [-0.3, -0.25) is 4.98 Å². The first-order valence-electron chi connectivity index (χ1n) is 5.33. The van der Waals surface area contributed by atoms with Gasteiger partial charge in [0.1, 0.15) is 0 Å². The number of hydrogen-bond donors (Lipinski definition) is 0. The van der Waals surface area contributed by atoms with Crippen LogP contribution in [0.4, 0.5) is 0 Å². The summed E-state index contributed by atoms with van der Waals surface area (Å²) < 4.78 is 0. The number of rotatable bonds is 0. The summed E-state index contributed by atoms with van der Waals surface area (Å²) in [7, 11) is 0. The van der Waals surface area contributed by atoms with E-state index in [9.17, 15) is 0 Å². The lowest BCUT2D eigenvalue weighted by Gasteiger charge is -2.04. The number of aryl methyl sites for hydroxylation is 1. The van der Waals surface area contributed by atoms with Crippen LogP contribution in [0.2, 0.25) is 0 Å². The highest BCUT2D eigenvalue weighted by atomic mass is 14.7. The smallest absolute Gasteiger partial charge is 0.0379 e. The highest BCUT2D eigenvalue weighted by molar-refractivity contribution is 5.78. The topological polar surface area (TPSA) is 12.9 Å². The van der Waals surface area contributed by atoms with Crippen LogP contribution in [0.25, 0.3) is 11.1 Å². The Hall–Kier alpha value is -1.63. The molecule has 1 heterocycles. The van der Waals surface area contributed by atoms with Gasteiger partial charge in [-0.05, 0) is 35.2 Å². The predicted molar refractivity (Wildman–Crippen MR) is 61.9 cm³/mol. The lowest BCUT2D eigenvalue weighted by atomic mass is 10.0. The van der Waals surface area contributed by atoms with Crippen LogP contribution in [0.1, 0.15) is 29.7 Å². The summed E-state index contributed by atoms with van der Waals surface area (Å²) in [6.07, 6.45) is 2.02. The van der Waals surface area contributed by atoms with Crippen molar-refractivity contribution in [2.24, 2.45) is 0 Å². The van der Waals surface area contributed by atoms with Crippen LogP contribution in [0, 0.1) is 6.92 Å². The van der Waals surface area contributed by atoms with Crippen molar-refractivity contribution in [3.05, 3.63) is 53.3 Å². The van der Waals surface area contributed by atoms with Gasteiger partial charge < -0.3 is 0 Å². The first-order valence-corrected chi connectivity index (χ1v) is 5.33. The fraction of sp³-hybridized carbons (Fsp3) is 0.214. The molecule has 1 nitrogen and oxygen atoms in total. The molecular weight excluding hydrogens is 182 g/mol. The molecule has 0 radical (unpaired) electrons. The third kappa shape index (κ3) is 1.13. The lowest BCUT2D eigenvalue weighted by Crippen LogP contribution is -1.90. The second kappa shape index (κ2) is 2.93. The minimum absolute atomic E-state index is 0.490. The van der Waals surface area contributed by atoms with Gasteiger partial charge in [-0.25, -0.2) is 0 Å². The number of aromatic nitrogens is 1. The zero-order chi connectivity index (χ0) is 10.4. The summed E-state index contributed by atoms with van der Waals surface area (Å²) in [5.74, 6) is 0.490. The summed E-state index contributed by atoms with van der Waals surface area (Å²) in [5, 5.41) is 0. The predicted octanol–water partition coefficient (Wildman–Crippen LogP) is 3.52. The number of fused-ring (bicyclic) bond motifs is 3. The Bertz CT molecular complexity index is 529. The molecule has 1 aliphatic rings. The van der Waals surface area contributed by atoms with Crippen molar-refractivity contribution >= 4 is 0 Å². The van der Waals surface area contributed by atoms with Crippen LogP contribution in [0.3, 0.4) is 0 Å². The van der Waals surface area contributed by atoms with Gasteiger partial charge in [-0.2, -0.15) is 0 Å². The molecule has 1 atom stereocenters. The Morgan fingerprint density at radius 3 is 2.73 bits per heavy atom. The van der Waals surface area contributed by atoms with Crippen LogP contribution in [-0.4, -0.2) is 4.98 Å². The molecule has 0 fully saturated rings. The van der Waals surface area contributed by atoms with Crippen molar-refractivity contribution < 1.29 is 0 Å². The molecule has 74 valence electrons. The number of hydrogen-bond acceptors (Lipinski definition) is 1. The third-order valence-corrected chi connectivity index (χ3v) is 3.26. The van der Waals surface area contributed by atoms with Crippen molar-refractivity contribution in [1.29, 1.82) is 0 Å². The molecule has 15 heavy (non-hydrogen) atoms. The van der Waals surface area contributed by atoms with Crippen molar-refractivity contribution in [2.45, 2.75) is 19.8 Å². The average Bonchev–Trinajstić information content (AvgIpc) is 2.54. The lowest BCUT2D eigenvalue weighted by molar-refractivity contribution is 0.942. The second-order valence-electron chi connectivity index (χ2n) is 4.22. The van der Waals surface area contributed by atoms with Crippen molar-refractivity contribution in [3.63, 3.8) is 0 Å². The zero-order valence-corrected chi connectivity index (χ0v) is 8.99. The van der Waals surface area contributed by atoms with Gasteiger partial charge in [0, 0.05) is 17.8 Å². The highest BCUT2D eigenvalue weighted by Crippen LogP contribution is 2.43. The number of pyridine rings is 1. The molecule has 1 heteroatoms. The van der Waals surface area contributed by atoms with Crippen molar-refractivity contribution in [1.82, 2.24) is 4.98 Å². The van der Waals surface area contributed by atoms with Crippen LogP contribution in [-0.2, 0) is 0 Å². The van der Waals surface area contributed by atoms with E-state index < -0.39 is 0 Å². The molecule has 0 N–H and O–H groups in total. The molecule has 1 aromatic heterocycles. The quantitative estimate of drug-likeness (QED) is 0.626. The van der Waals surface area contributed by atoms with Gasteiger partial charge in [0.05, 0.1) is 0 Å². The fourth-order valence-electron chi connectivity index (χ4n) is 2.44. The Balaban J connectivity index is 2.34. The monoisotopic (exact) mass is 195 g/mol. The van der Waals surface area contributed by atoms with Crippen molar-refractivity contribution in [3.8, 4) is 11.1 Å². The van der Waals surface area contributed by atoms with Crippen LogP contribution in [0.5, 0.6) is 0 Å². The normalized spacial score (nSPS) is 17.3. The van der Waals surface area contributed by atoms with E-state index in [-0.39, 0.29) is 0 Å². The molecule has 0 bridgehead atoms. The van der Waals surface area contributed by atoms with E-state index in [2.05, 4.69) is 42.2 Å². The number of nitrogens with zero attached hydrogens (tertiary/aromatic N) is 1. The van der Waals surface area contributed by atoms with Crippen LogP contribution >= 0.6 is 0 Å². The minimum atomic E-state index is 0.490. The molecule has 3 rings (SSSR count). The molecule has 0 amide bonds. The Morgan fingerprint density at radius 1 is 1.07 bits per heavy atom. The van der Waals surface area contributed by atoms with Gasteiger partial charge in [0.2, 0.25) is 0 Å². The molecule has 2 aromatic rings. The third-order valence-electron chi connectivity index (χ3n) is 3.26. The standard InChI is InChI=1S/C14H13N/c1-9-7-13-12-6-4-3-5-11(12)10(2)14(13)8-15-9/h3-8,10H,1-2H3. The maximum absolute atomic E-state index is 4.38. The van der Waals surface area contributed by atoms with Crippen LogP contribution < -0.4 is 0 Å². The molecule has 1 aliphatic carbocycles. The number of benzene rings is 1. The average molecular weight is 195 g/mol. The Labute approximate surface area is 89.8 Å². The van der Waals surface area contributed by atoms with E-state index >= 15 is 0 Å². The summed E-state index contributed by atoms with van der Waals surface area (Å²) in [5.41, 5.74) is 6.63. The van der Waals surface area contributed by atoms with Gasteiger partial charge in [-0.1, -0.05) is 31.2 Å². The van der Waals surface area contributed by atoms with E-state index in [1.54, 1.807) is 0 Å². The van der Waals surface area contributed by atoms with Crippen LogP contribution in [0.15, 0.2) is 36.5 Å². The van der Waals surface area contributed by atoms with Gasteiger partial charge >= 0.3 is 0 Å². The summed E-state index contributed by atoms with van der Waals surface area (Å²) in [6, 6.07) is 10.8. The Morgan fingerprint density at radius 2 is 1.87 bits per heavy atom. The van der Waals surface area contributed by atoms with Gasteiger partial charge in [-0.15, -0.1) is 0 Å². The van der Waals surface area contributed by atoms with E-state index in [1.165, 1.54) is 22.3 Å². The molecule has 0 spiro atoms. The van der Waals surface area contributed by atoms with Gasteiger partial charge in [0.15, 0.2) is 0 Å². The van der Waals surface area contributed by atoms with E-state index in [4.69, 9.17) is 0 Å². The molecule has 0 aliphatic heterocycles. The summed E-state index contributed by atoms with van der Waals surface area (Å²) >= 11 is 0. The maximum atomic E-state index is 4.38. The maximum Gasteiger partial charge on any atom is 0.0379 e. The van der Waals surface area contributed by atoms with E-state index in [0.29, 0.717) is 5.92 Å². The van der Waals surface area contributed by atoms with E-state index in [0.717, 1.165) is 5.69 Å².